The summed E-state index contributed by atoms with van der Waals surface area (Å²) in [6.45, 7) is 0. The molecule has 0 radical (unpaired) electrons. The van der Waals surface area contributed by atoms with Crippen LogP contribution >= 0.6 is 0 Å². The van der Waals surface area contributed by atoms with Crippen LogP contribution in [0.25, 0.3) is 0 Å². The van der Waals surface area contributed by atoms with E-state index >= 15 is 0 Å². The van der Waals surface area contributed by atoms with E-state index in [4.69, 9.17) is 5.26 Å². The summed E-state index contributed by atoms with van der Waals surface area (Å²) in [6, 6.07) is 10.5. The van der Waals surface area contributed by atoms with Gasteiger partial charge in [0.05, 0.1) is 17.6 Å². The van der Waals surface area contributed by atoms with Gasteiger partial charge in [0.1, 0.15) is 0 Å². The van der Waals surface area contributed by atoms with Crippen LogP contribution in [-0.2, 0) is 5.41 Å². The SMILES string of the molecule is N#CC1(c2ccc(C(O)C3CCCC3)cc2)CC1. The minimum atomic E-state index is -0.321. The first-order valence-electron chi connectivity index (χ1n) is 6.95. The van der Waals surface area contributed by atoms with Crippen LogP contribution in [-0.4, -0.2) is 5.11 Å². The third-order valence-electron chi connectivity index (χ3n) is 4.62. The van der Waals surface area contributed by atoms with Crippen LogP contribution < -0.4 is 0 Å². The number of hydrogen-bond donors (Lipinski definition) is 1. The monoisotopic (exact) mass is 241 g/mol. The van der Waals surface area contributed by atoms with Crippen molar-refractivity contribution in [2.75, 3.05) is 0 Å². The predicted molar refractivity (Wildman–Crippen MR) is 69.9 cm³/mol. The Hall–Kier alpha value is -1.33. The highest BCUT2D eigenvalue weighted by molar-refractivity contribution is 5.40. The zero-order chi connectivity index (χ0) is 12.6. The maximum atomic E-state index is 10.3. The molecule has 2 nitrogen and oxygen atoms in total. The van der Waals surface area contributed by atoms with Crippen molar-refractivity contribution in [2.24, 2.45) is 5.92 Å². The van der Waals surface area contributed by atoms with Gasteiger partial charge in [-0.2, -0.15) is 5.26 Å². The first-order chi connectivity index (χ1) is 8.75. The Kier molecular flexibility index (Phi) is 2.87. The van der Waals surface area contributed by atoms with Crippen molar-refractivity contribution in [1.82, 2.24) is 0 Å². The highest BCUT2D eigenvalue weighted by Gasteiger charge is 2.44. The largest absolute Gasteiger partial charge is 0.388 e. The van der Waals surface area contributed by atoms with Crippen LogP contribution in [0.5, 0.6) is 0 Å². The molecule has 3 rings (SSSR count). The molecule has 0 aliphatic heterocycles. The summed E-state index contributed by atoms with van der Waals surface area (Å²) in [5.41, 5.74) is 1.92. The second-order valence-corrected chi connectivity index (χ2v) is 5.81. The van der Waals surface area contributed by atoms with E-state index in [1.54, 1.807) is 0 Å². The lowest BCUT2D eigenvalue weighted by Crippen LogP contribution is -2.09. The van der Waals surface area contributed by atoms with Gasteiger partial charge in [-0.05, 0) is 42.7 Å². The molecule has 1 aromatic carbocycles. The number of benzene rings is 1. The first-order valence-corrected chi connectivity index (χ1v) is 6.95. The van der Waals surface area contributed by atoms with Gasteiger partial charge >= 0.3 is 0 Å². The summed E-state index contributed by atoms with van der Waals surface area (Å²) < 4.78 is 0. The summed E-state index contributed by atoms with van der Waals surface area (Å²) in [4.78, 5) is 0. The second-order valence-electron chi connectivity index (χ2n) is 5.81. The molecule has 0 saturated heterocycles. The van der Waals surface area contributed by atoms with Crippen LogP contribution in [0.3, 0.4) is 0 Å². The standard InChI is InChI=1S/C16H19NO/c17-11-16(9-10-16)14-7-5-13(6-8-14)15(18)12-3-1-2-4-12/h5-8,12,15,18H,1-4,9-10H2. The lowest BCUT2D eigenvalue weighted by Gasteiger charge is -2.18. The Morgan fingerprint density at radius 1 is 1.17 bits per heavy atom. The predicted octanol–water partition coefficient (Wildman–Crippen LogP) is 3.47. The minimum absolute atomic E-state index is 0.211. The number of rotatable bonds is 3. The molecule has 0 bridgehead atoms. The van der Waals surface area contributed by atoms with Crippen molar-refractivity contribution in [2.45, 2.75) is 50.0 Å². The van der Waals surface area contributed by atoms with E-state index in [-0.39, 0.29) is 11.5 Å². The molecule has 0 spiro atoms. The summed E-state index contributed by atoms with van der Waals surface area (Å²) in [5, 5.41) is 19.5. The molecule has 0 amide bonds. The van der Waals surface area contributed by atoms with Crippen molar-refractivity contribution >= 4 is 0 Å². The second kappa shape index (κ2) is 4.40. The summed E-state index contributed by atoms with van der Waals surface area (Å²) >= 11 is 0. The lowest BCUT2D eigenvalue weighted by atomic mass is 9.91. The van der Waals surface area contributed by atoms with Gasteiger partial charge in [-0.25, -0.2) is 0 Å². The van der Waals surface area contributed by atoms with E-state index in [0.717, 1.165) is 36.8 Å². The molecule has 1 unspecified atom stereocenters. The number of aliphatic hydroxyl groups excluding tert-OH is 1. The van der Waals surface area contributed by atoms with Gasteiger partial charge in [0.25, 0.3) is 0 Å². The normalized spacial score (nSPS) is 23.6. The molecule has 2 saturated carbocycles. The molecular formula is C16H19NO. The molecular weight excluding hydrogens is 222 g/mol. The zero-order valence-electron chi connectivity index (χ0n) is 10.6. The van der Waals surface area contributed by atoms with E-state index < -0.39 is 0 Å². The topological polar surface area (TPSA) is 44.0 Å². The molecule has 2 aliphatic rings. The maximum Gasteiger partial charge on any atom is 0.0823 e. The summed E-state index contributed by atoms with van der Waals surface area (Å²) in [7, 11) is 0. The molecule has 18 heavy (non-hydrogen) atoms. The Balaban J connectivity index is 1.77. The fourth-order valence-electron chi connectivity index (χ4n) is 3.13. The molecule has 0 heterocycles. The Morgan fingerprint density at radius 2 is 1.78 bits per heavy atom. The maximum absolute atomic E-state index is 10.3. The van der Waals surface area contributed by atoms with Crippen molar-refractivity contribution in [3.05, 3.63) is 35.4 Å². The molecule has 94 valence electrons. The first kappa shape index (κ1) is 11.7. The van der Waals surface area contributed by atoms with E-state index in [0.29, 0.717) is 5.92 Å². The summed E-state index contributed by atoms with van der Waals surface area (Å²) in [6.07, 6.45) is 6.42. The van der Waals surface area contributed by atoms with E-state index in [1.807, 2.05) is 24.3 Å². The molecule has 1 N–H and O–H groups in total. The van der Waals surface area contributed by atoms with Crippen LogP contribution in [0.4, 0.5) is 0 Å². The van der Waals surface area contributed by atoms with Gasteiger partial charge in [0, 0.05) is 0 Å². The quantitative estimate of drug-likeness (QED) is 0.880. The van der Waals surface area contributed by atoms with E-state index in [2.05, 4.69) is 6.07 Å². The molecule has 2 heteroatoms. The van der Waals surface area contributed by atoms with Gasteiger partial charge in [-0.3, -0.25) is 0 Å². The zero-order valence-corrected chi connectivity index (χ0v) is 10.6. The van der Waals surface area contributed by atoms with Gasteiger partial charge in [0.2, 0.25) is 0 Å². The number of hydrogen-bond acceptors (Lipinski definition) is 2. The summed E-state index contributed by atoms with van der Waals surface area (Å²) in [5.74, 6) is 0.432. The molecule has 0 aromatic heterocycles. The van der Waals surface area contributed by atoms with Crippen molar-refractivity contribution in [3.63, 3.8) is 0 Å². The highest BCUT2D eigenvalue weighted by atomic mass is 16.3. The Labute approximate surface area is 108 Å². The van der Waals surface area contributed by atoms with Crippen molar-refractivity contribution < 1.29 is 5.11 Å². The van der Waals surface area contributed by atoms with E-state index in [9.17, 15) is 5.11 Å². The fourth-order valence-corrected chi connectivity index (χ4v) is 3.13. The molecule has 2 fully saturated rings. The van der Waals surface area contributed by atoms with Crippen LogP contribution in [0.1, 0.15) is 55.8 Å². The Morgan fingerprint density at radius 3 is 2.28 bits per heavy atom. The Bertz CT molecular complexity index is 461. The van der Waals surface area contributed by atoms with Gasteiger partial charge in [0.15, 0.2) is 0 Å². The van der Waals surface area contributed by atoms with Crippen molar-refractivity contribution in [1.29, 1.82) is 5.26 Å². The average molecular weight is 241 g/mol. The lowest BCUT2D eigenvalue weighted by molar-refractivity contribution is 0.111. The van der Waals surface area contributed by atoms with Crippen LogP contribution in [0.2, 0.25) is 0 Å². The fraction of sp³-hybridized carbons (Fsp3) is 0.562. The number of aliphatic hydroxyl groups is 1. The smallest absolute Gasteiger partial charge is 0.0823 e. The van der Waals surface area contributed by atoms with E-state index in [1.165, 1.54) is 12.8 Å². The van der Waals surface area contributed by atoms with Crippen molar-refractivity contribution in [3.8, 4) is 6.07 Å². The van der Waals surface area contributed by atoms with Gasteiger partial charge < -0.3 is 5.11 Å². The van der Waals surface area contributed by atoms with Crippen LogP contribution in [0, 0.1) is 17.2 Å². The molecule has 1 aromatic rings. The molecule has 1 atom stereocenters. The van der Waals surface area contributed by atoms with Crippen LogP contribution in [0.15, 0.2) is 24.3 Å². The minimum Gasteiger partial charge on any atom is -0.388 e. The third-order valence-corrected chi connectivity index (χ3v) is 4.62. The number of nitriles is 1. The molecule has 2 aliphatic carbocycles. The van der Waals surface area contributed by atoms with Gasteiger partial charge in [-0.15, -0.1) is 0 Å². The van der Waals surface area contributed by atoms with Gasteiger partial charge in [-0.1, -0.05) is 37.1 Å². The number of nitrogens with zero attached hydrogens (tertiary/aromatic N) is 1. The third kappa shape index (κ3) is 1.93. The average Bonchev–Trinajstić information content (AvgIpc) is 3.04. The highest BCUT2D eigenvalue weighted by Crippen LogP contribution is 2.47.